The molecular weight excluding hydrogens is 376 g/mol. The van der Waals surface area contributed by atoms with Crippen molar-refractivity contribution < 1.29 is 26.7 Å². The van der Waals surface area contributed by atoms with Crippen molar-refractivity contribution in [2.24, 2.45) is 0 Å². The van der Waals surface area contributed by atoms with Crippen LogP contribution >= 0.6 is 11.6 Å². The van der Waals surface area contributed by atoms with Gasteiger partial charge in [0, 0.05) is 5.56 Å². The van der Waals surface area contributed by atoms with E-state index >= 15 is 0 Å². The van der Waals surface area contributed by atoms with Crippen LogP contribution in [0.15, 0.2) is 47.4 Å². The van der Waals surface area contributed by atoms with Crippen molar-refractivity contribution in [3.05, 3.63) is 64.7 Å². The van der Waals surface area contributed by atoms with Gasteiger partial charge in [-0.05, 0) is 43.3 Å². The number of hydrogen-bond donors (Lipinski definition) is 1. The molecule has 25 heavy (non-hydrogen) atoms. The van der Waals surface area contributed by atoms with E-state index in [0.717, 1.165) is 30.3 Å². The van der Waals surface area contributed by atoms with Crippen LogP contribution in [0.2, 0.25) is 5.02 Å². The summed E-state index contributed by atoms with van der Waals surface area (Å²) in [5, 5.41) is 0.0901. The standard InChI is InChI=1S/C16H14ClF2NO4S/c1-10(20-25(22,23)12-7-5-11(18)6-8-12)16(21)24-9-13-14(17)3-2-4-15(13)19/h2-8,10,20H,9H2,1H3/t10-/m0/s1. The second-order valence-corrected chi connectivity index (χ2v) is 7.23. The molecule has 0 aliphatic rings. The maximum Gasteiger partial charge on any atom is 0.324 e. The molecule has 2 aromatic rings. The van der Waals surface area contributed by atoms with Gasteiger partial charge < -0.3 is 4.74 Å². The van der Waals surface area contributed by atoms with E-state index in [2.05, 4.69) is 4.72 Å². The van der Waals surface area contributed by atoms with Crippen LogP contribution in [-0.4, -0.2) is 20.4 Å². The van der Waals surface area contributed by atoms with E-state index in [9.17, 15) is 22.0 Å². The Labute approximate surface area is 148 Å². The molecule has 0 amide bonds. The average molecular weight is 390 g/mol. The first-order chi connectivity index (χ1) is 11.7. The molecule has 0 bridgehead atoms. The summed E-state index contributed by atoms with van der Waals surface area (Å²) >= 11 is 5.82. The fourth-order valence-electron chi connectivity index (χ4n) is 1.90. The first kappa shape index (κ1) is 19.3. The number of carbonyl (C=O) groups excluding carboxylic acids is 1. The highest BCUT2D eigenvalue weighted by atomic mass is 35.5. The minimum atomic E-state index is -4.04. The molecule has 5 nitrogen and oxygen atoms in total. The fraction of sp³-hybridized carbons (Fsp3) is 0.188. The fourth-order valence-corrected chi connectivity index (χ4v) is 3.31. The molecule has 0 unspecified atom stereocenters. The highest BCUT2D eigenvalue weighted by Gasteiger charge is 2.23. The van der Waals surface area contributed by atoms with Gasteiger partial charge in [-0.1, -0.05) is 17.7 Å². The Hall–Kier alpha value is -2.03. The van der Waals surface area contributed by atoms with Crippen LogP contribution in [-0.2, 0) is 26.2 Å². The van der Waals surface area contributed by atoms with Crippen molar-refractivity contribution in [3.8, 4) is 0 Å². The van der Waals surface area contributed by atoms with E-state index in [1.807, 2.05) is 0 Å². The van der Waals surface area contributed by atoms with Crippen LogP contribution in [0.5, 0.6) is 0 Å². The predicted octanol–water partition coefficient (Wildman–Crippen LogP) is 3.03. The normalized spacial score (nSPS) is 12.6. The molecule has 0 aliphatic heterocycles. The van der Waals surface area contributed by atoms with Gasteiger partial charge in [0.1, 0.15) is 24.3 Å². The third-order valence-electron chi connectivity index (χ3n) is 3.23. The minimum Gasteiger partial charge on any atom is -0.459 e. The zero-order valence-electron chi connectivity index (χ0n) is 13.0. The average Bonchev–Trinajstić information content (AvgIpc) is 2.54. The lowest BCUT2D eigenvalue weighted by Gasteiger charge is -2.14. The number of rotatable bonds is 6. The van der Waals surface area contributed by atoms with Crippen molar-refractivity contribution in [3.63, 3.8) is 0 Å². The number of benzene rings is 2. The van der Waals surface area contributed by atoms with Gasteiger partial charge in [-0.25, -0.2) is 17.2 Å². The van der Waals surface area contributed by atoms with E-state index < -0.39 is 40.3 Å². The number of sulfonamides is 1. The summed E-state index contributed by atoms with van der Waals surface area (Å²) in [5.74, 6) is -2.14. The molecule has 2 rings (SSSR count). The van der Waals surface area contributed by atoms with E-state index in [0.29, 0.717) is 0 Å². The Morgan fingerprint density at radius 3 is 2.44 bits per heavy atom. The summed E-state index contributed by atoms with van der Waals surface area (Å²) < 4.78 is 57.7. The summed E-state index contributed by atoms with van der Waals surface area (Å²) in [6.45, 7) is 0.833. The van der Waals surface area contributed by atoms with Crippen LogP contribution in [0.1, 0.15) is 12.5 Å². The van der Waals surface area contributed by atoms with Crippen molar-refractivity contribution in [1.29, 1.82) is 0 Å². The minimum absolute atomic E-state index is 0.00823. The molecule has 0 aliphatic carbocycles. The number of hydrogen-bond acceptors (Lipinski definition) is 4. The number of esters is 1. The summed E-state index contributed by atoms with van der Waals surface area (Å²) in [4.78, 5) is 11.7. The second-order valence-electron chi connectivity index (χ2n) is 5.10. The molecule has 1 atom stereocenters. The topological polar surface area (TPSA) is 72.5 Å². The molecule has 134 valence electrons. The summed E-state index contributed by atoms with van der Waals surface area (Å²) in [7, 11) is -4.04. The van der Waals surface area contributed by atoms with Gasteiger partial charge in [0.15, 0.2) is 0 Å². The van der Waals surface area contributed by atoms with Crippen molar-refractivity contribution in [2.75, 3.05) is 0 Å². The van der Waals surface area contributed by atoms with Gasteiger partial charge in [-0.15, -0.1) is 0 Å². The van der Waals surface area contributed by atoms with Gasteiger partial charge in [-0.3, -0.25) is 4.79 Å². The SMILES string of the molecule is C[C@H](NS(=O)(=O)c1ccc(F)cc1)C(=O)OCc1c(F)cccc1Cl. The first-order valence-corrected chi connectivity index (χ1v) is 8.94. The third-order valence-corrected chi connectivity index (χ3v) is 5.14. The summed E-state index contributed by atoms with van der Waals surface area (Å²) in [6, 6.07) is 6.87. The quantitative estimate of drug-likeness (QED) is 0.771. The maximum absolute atomic E-state index is 13.6. The molecule has 2 aromatic carbocycles. The molecule has 0 saturated heterocycles. The molecule has 0 heterocycles. The van der Waals surface area contributed by atoms with Crippen molar-refractivity contribution >= 4 is 27.6 Å². The van der Waals surface area contributed by atoms with Crippen LogP contribution in [0.25, 0.3) is 0 Å². The number of nitrogens with one attached hydrogen (secondary N) is 1. The van der Waals surface area contributed by atoms with Gasteiger partial charge in [0.25, 0.3) is 0 Å². The Morgan fingerprint density at radius 2 is 1.84 bits per heavy atom. The van der Waals surface area contributed by atoms with Gasteiger partial charge >= 0.3 is 5.97 Å². The number of halogens is 3. The largest absolute Gasteiger partial charge is 0.459 e. The molecule has 0 fully saturated rings. The van der Waals surface area contributed by atoms with Gasteiger partial charge in [0.05, 0.1) is 9.92 Å². The monoisotopic (exact) mass is 389 g/mol. The zero-order valence-corrected chi connectivity index (χ0v) is 14.6. The van der Waals surface area contributed by atoms with Gasteiger partial charge in [0.2, 0.25) is 10.0 Å². The Balaban J connectivity index is 2.01. The van der Waals surface area contributed by atoms with Crippen LogP contribution < -0.4 is 4.72 Å². The Kier molecular flexibility index (Phi) is 6.10. The van der Waals surface area contributed by atoms with Crippen molar-refractivity contribution in [1.82, 2.24) is 4.72 Å². The smallest absolute Gasteiger partial charge is 0.324 e. The summed E-state index contributed by atoms with van der Waals surface area (Å²) in [5.41, 5.74) is -0.00823. The zero-order chi connectivity index (χ0) is 18.6. The number of ether oxygens (including phenoxy) is 1. The lowest BCUT2D eigenvalue weighted by atomic mass is 10.2. The highest BCUT2D eigenvalue weighted by molar-refractivity contribution is 7.89. The molecule has 0 aromatic heterocycles. The first-order valence-electron chi connectivity index (χ1n) is 7.08. The lowest BCUT2D eigenvalue weighted by molar-refractivity contribution is -0.146. The number of carbonyl (C=O) groups is 1. The van der Waals surface area contributed by atoms with E-state index in [1.54, 1.807) is 0 Å². The predicted molar refractivity (Wildman–Crippen MR) is 87.4 cm³/mol. The molecule has 9 heteroatoms. The van der Waals surface area contributed by atoms with Gasteiger partial charge in [-0.2, -0.15) is 4.72 Å². The van der Waals surface area contributed by atoms with E-state index in [4.69, 9.17) is 16.3 Å². The molecule has 0 radical (unpaired) electrons. The van der Waals surface area contributed by atoms with Crippen LogP contribution in [0.4, 0.5) is 8.78 Å². The molecule has 0 spiro atoms. The highest BCUT2D eigenvalue weighted by Crippen LogP contribution is 2.20. The second kappa shape index (κ2) is 7.90. The van der Waals surface area contributed by atoms with Crippen LogP contribution in [0.3, 0.4) is 0 Å². The van der Waals surface area contributed by atoms with E-state index in [-0.39, 0.29) is 15.5 Å². The summed E-state index contributed by atoms with van der Waals surface area (Å²) in [6.07, 6.45) is 0. The molecular formula is C16H14ClF2NO4S. The molecule has 0 saturated carbocycles. The molecule has 1 N–H and O–H groups in total. The lowest BCUT2D eigenvalue weighted by Crippen LogP contribution is -2.39. The van der Waals surface area contributed by atoms with Crippen molar-refractivity contribution in [2.45, 2.75) is 24.5 Å². The van der Waals surface area contributed by atoms with E-state index in [1.165, 1.54) is 19.1 Å². The van der Waals surface area contributed by atoms with Crippen LogP contribution in [0, 0.1) is 11.6 Å². The maximum atomic E-state index is 13.6. The Bertz CT molecular complexity index is 852. The third kappa shape index (κ3) is 4.97. The Morgan fingerprint density at radius 1 is 1.20 bits per heavy atom.